The minimum Gasteiger partial charge on any atom is -0.338 e. The summed E-state index contributed by atoms with van der Waals surface area (Å²) in [5, 5.41) is 3.13. The van der Waals surface area contributed by atoms with E-state index >= 15 is 0 Å². The number of carbonyl (C=O) groups excluding carboxylic acids is 1. The third-order valence-electron chi connectivity index (χ3n) is 3.72. The van der Waals surface area contributed by atoms with Gasteiger partial charge < -0.3 is 10.2 Å². The molecule has 1 fully saturated rings. The molecule has 0 unspecified atom stereocenters. The Kier molecular flexibility index (Phi) is 3.66. The Labute approximate surface area is 104 Å². The summed E-state index contributed by atoms with van der Waals surface area (Å²) in [6.45, 7) is 3.67. The van der Waals surface area contributed by atoms with Crippen LogP contribution in [0.2, 0.25) is 0 Å². The van der Waals surface area contributed by atoms with E-state index in [1.165, 1.54) is 4.90 Å². The molecule has 6 heteroatoms. The number of carbonyl (C=O) groups is 1. The van der Waals surface area contributed by atoms with Crippen molar-refractivity contribution in [1.82, 2.24) is 10.2 Å². The van der Waals surface area contributed by atoms with Crippen molar-refractivity contribution in [2.24, 2.45) is 11.8 Å². The molecule has 0 aromatic carbocycles. The second-order valence-corrected chi connectivity index (χ2v) is 5.00. The highest BCUT2D eigenvalue weighted by Gasteiger charge is 2.37. The molecular formula is C12H17F3N2O. The fourth-order valence-electron chi connectivity index (χ4n) is 2.50. The molecule has 0 radical (unpaired) electrons. The number of alkyl halides is 3. The SMILES string of the molecule is C[C@@H]1CNC[C@H]1C(=O)N1CC=C(C(F)(F)F)CC1. The number of hydrogen-bond donors (Lipinski definition) is 1. The topological polar surface area (TPSA) is 32.3 Å². The summed E-state index contributed by atoms with van der Waals surface area (Å²) in [6, 6.07) is 0. The summed E-state index contributed by atoms with van der Waals surface area (Å²) in [6.07, 6.45) is -3.21. The maximum absolute atomic E-state index is 12.5. The minimum absolute atomic E-state index is 0.0232. The van der Waals surface area contributed by atoms with Crippen molar-refractivity contribution in [3.63, 3.8) is 0 Å². The number of nitrogens with zero attached hydrogens (tertiary/aromatic N) is 1. The van der Waals surface area contributed by atoms with Crippen LogP contribution in [0.4, 0.5) is 13.2 Å². The second-order valence-electron chi connectivity index (χ2n) is 5.00. The number of nitrogens with one attached hydrogen (secondary N) is 1. The van der Waals surface area contributed by atoms with Gasteiger partial charge in [-0.05, 0) is 18.9 Å². The molecule has 2 aliphatic heterocycles. The molecule has 1 N–H and O–H groups in total. The highest BCUT2D eigenvalue weighted by Crippen LogP contribution is 2.31. The van der Waals surface area contributed by atoms with Crippen LogP contribution in [0.1, 0.15) is 13.3 Å². The number of amides is 1. The zero-order valence-electron chi connectivity index (χ0n) is 10.3. The van der Waals surface area contributed by atoms with Crippen molar-refractivity contribution in [3.05, 3.63) is 11.6 Å². The van der Waals surface area contributed by atoms with E-state index in [0.717, 1.165) is 12.6 Å². The summed E-state index contributed by atoms with van der Waals surface area (Å²) in [4.78, 5) is 13.7. The zero-order valence-corrected chi connectivity index (χ0v) is 10.3. The Balaban J connectivity index is 1.97. The van der Waals surface area contributed by atoms with Gasteiger partial charge in [-0.25, -0.2) is 0 Å². The minimum atomic E-state index is -4.25. The first-order valence-corrected chi connectivity index (χ1v) is 6.15. The van der Waals surface area contributed by atoms with Crippen molar-refractivity contribution in [3.8, 4) is 0 Å². The third kappa shape index (κ3) is 2.68. The van der Waals surface area contributed by atoms with Crippen LogP contribution in [0.15, 0.2) is 11.6 Å². The van der Waals surface area contributed by atoms with Crippen LogP contribution in [-0.2, 0) is 4.79 Å². The lowest BCUT2D eigenvalue weighted by Gasteiger charge is -2.30. The molecule has 2 heterocycles. The standard InChI is InChI=1S/C12H17F3N2O/c1-8-6-16-7-10(8)11(18)17-4-2-9(3-5-17)12(13,14)15/h2,8,10,16H,3-7H2,1H3/t8-,10-/m1/s1. The maximum Gasteiger partial charge on any atom is 0.412 e. The van der Waals surface area contributed by atoms with Gasteiger partial charge in [0.05, 0.1) is 5.92 Å². The first-order valence-electron chi connectivity index (χ1n) is 6.15. The van der Waals surface area contributed by atoms with E-state index in [9.17, 15) is 18.0 Å². The Morgan fingerprint density at radius 3 is 2.61 bits per heavy atom. The van der Waals surface area contributed by atoms with E-state index in [4.69, 9.17) is 0 Å². The average molecular weight is 262 g/mol. The molecule has 102 valence electrons. The Hall–Kier alpha value is -1.04. The molecule has 2 atom stereocenters. The molecule has 1 saturated heterocycles. The van der Waals surface area contributed by atoms with Crippen molar-refractivity contribution in [2.45, 2.75) is 19.5 Å². The molecule has 1 amide bonds. The van der Waals surface area contributed by atoms with Gasteiger partial charge in [0, 0.05) is 25.2 Å². The summed E-state index contributed by atoms with van der Waals surface area (Å²) >= 11 is 0. The zero-order chi connectivity index (χ0) is 13.3. The lowest BCUT2D eigenvalue weighted by molar-refractivity contribution is -0.136. The van der Waals surface area contributed by atoms with Crippen molar-refractivity contribution in [1.29, 1.82) is 0 Å². The summed E-state index contributed by atoms with van der Waals surface area (Å²) < 4.78 is 37.4. The van der Waals surface area contributed by atoms with Gasteiger partial charge in [0.1, 0.15) is 0 Å². The fourth-order valence-corrected chi connectivity index (χ4v) is 2.50. The quantitative estimate of drug-likeness (QED) is 0.727. The molecule has 3 nitrogen and oxygen atoms in total. The second kappa shape index (κ2) is 4.91. The van der Waals surface area contributed by atoms with Crippen LogP contribution in [0.25, 0.3) is 0 Å². The van der Waals surface area contributed by atoms with Gasteiger partial charge in [0.2, 0.25) is 5.91 Å². The third-order valence-corrected chi connectivity index (χ3v) is 3.72. The summed E-state index contributed by atoms with van der Waals surface area (Å²) in [7, 11) is 0. The van der Waals surface area contributed by atoms with Crippen LogP contribution in [-0.4, -0.2) is 43.2 Å². The number of hydrogen-bond acceptors (Lipinski definition) is 2. The molecule has 0 aromatic rings. The first-order chi connectivity index (χ1) is 8.39. The highest BCUT2D eigenvalue weighted by atomic mass is 19.4. The van der Waals surface area contributed by atoms with Crippen LogP contribution >= 0.6 is 0 Å². The van der Waals surface area contributed by atoms with Gasteiger partial charge in [0.15, 0.2) is 0 Å². The monoisotopic (exact) mass is 262 g/mol. The van der Waals surface area contributed by atoms with E-state index < -0.39 is 11.7 Å². The van der Waals surface area contributed by atoms with Gasteiger partial charge in [0.25, 0.3) is 0 Å². The van der Waals surface area contributed by atoms with Gasteiger partial charge in [-0.2, -0.15) is 13.2 Å². The van der Waals surface area contributed by atoms with Crippen LogP contribution in [0, 0.1) is 11.8 Å². The normalized spacial score (nSPS) is 29.3. The largest absolute Gasteiger partial charge is 0.412 e. The van der Waals surface area contributed by atoms with E-state index in [1.54, 1.807) is 0 Å². The molecule has 0 bridgehead atoms. The van der Waals surface area contributed by atoms with Gasteiger partial charge in [-0.15, -0.1) is 0 Å². The lowest BCUT2D eigenvalue weighted by atomic mass is 9.95. The molecule has 2 aliphatic rings. The lowest BCUT2D eigenvalue weighted by Crippen LogP contribution is -2.42. The summed E-state index contributed by atoms with van der Waals surface area (Å²) in [5.74, 6) is 0.140. The van der Waals surface area contributed by atoms with Crippen molar-refractivity contribution in [2.75, 3.05) is 26.2 Å². The Morgan fingerprint density at radius 2 is 2.17 bits per heavy atom. The molecule has 0 aromatic heterocycles. The van der Waals surface area contributed by atoms with Gasteiger partial charge >= 0.3 is 6.18 Å². The van der Waals surface area contributed by atoms with E-state index in [1.807, 2.05) is 6.92 Å². The van der Waals surface area contributed by atoms with E-state index in [0.29, 0.717) is 6.54 Å². The Morgan fingerprint density at radius 1 is 1.44 bits per heavy atom. The average Bonchev–Trinajstić information content (AvgIpc) is 2.73. The van der Waals surface area contributed by atoms with Gasteiger partial charge in [-0.1, -0.05) is 13.0 Å². The molecule has 0 aliphatic carbocycles. The molecule has 0 spiro atoms. The smallest absolute Gasteiger partial charge is 0.338 e. The maximum atomic E-state index is 12.5. The highest BCUT2D eigenvalue weighted by molar-refractivity contribution is 5.80. The number of rotatable bonds is 1. The summed E-state index contributed by atoms with van der Waals surface area (Å²) in [5.41, 5.74) is -0.510. The fraction of sp³-hybridized carbons (Fsp3) is 0.750. The van der Waals surface area contributed by atoms with Crippen LogP contribution < -0.4 is 5.32 Å². The predicted molar refractivity (Wildman–Crippen MR) is 60.9 cm³/mol. The van der Waals surface area contributed by atoms with Crippen LogP contribution in [0.3, 0.4) is 0 Å². The molecule has 18 heavy (non-hydrogen) atoms. The Bertz CT molecular complexity index is 365. The molecule has 2 rings (SSSR count). The molecular weight excluding hydrogens is 245 g/mol. The van der Waals surface area contributed by atoms with Crippen molar-refractivity contribution >= 4 is 5.91 Å². The van der Waals surface area contributed by atoms with Gasteiger partial charge in [-0.3, -0.25) is 4.79 Å². The first kappa shape index (κ1) is 13.4. The van der Waals surface area contributed by atoms with E-state index in [2.05, 4.69) is 5.32 Å². The van der Waals surface area contributed by atoms with E-state index in [-0.39, 0.29) is 37.3 Å². The van der Waals surface area contributed by atoms with Crippen LogP contribution in [0.5, 0.6) is 0 Å². The predicted octanol–water partition coefficient (Wildman–Crippen LogP) is 1.56. The molecule has 0 saturated carbocycles. The van der Waals surface area contributed by atoms with Crippen molar-refractivity contribution < 1.29 is 18.0 Å². The number of halogens is 3.